The average molecular weight is 269 g/mol. The summed E-state index contributed by atoms with van der Waals surface area (Å²) < 4.78 is 14.9. The van der Waals surface area contributed by atoms with E-state index in [-0.39, 0.29) is 12.4 Å². The molecule has 5 heteroatoms. The van der Waals surface area contributed by atoms with Crippen LogP contribution < -0.4 is 0 Å². The van der Waals surface area contributed by atoms with Crippen molar-refractivity contribution in [1.29, 1.82) is 0 Å². The van der Waals surface area contributed by atoms with Crippen molar-refractivity contribution in [3.8, 4) is 0 Å². The Morgan fingerprint density at radius 2 is 2.11 bits per heavy atom. The summed E-state index contributed by atoms with van der Waals surface area (Å²) in [4.78, 5) is 4.27. The fourth-order valence-corrected chi connectivity index (χ4v) is 2.10. The molecule has 2 aromatic rings. The second kappa shape index (κ2) is 5.08. The minimum absolute atomic E-state index is 0.131. The third-order valence-corrected chi connectivity index (χ3v) is 3.37. The maximum absolute atomic E-state index is 13.0. The molecular formula is C13H14ClFN2O. The predicted molar refractivity (Wildman–Crippen MR) is 68.1 cm³/mol. The number of hydrogen-bond acceptors (Lipinski definition) is 2. The van der Waals surface area contributed by atoms with Crippen molar-refractivity contribution in [2.24, 2.45) is 0 Å². The van der Waals surface area contributed by atoms with E-state index >= 15 is 0 Å². The fourth-order valence-electron chi connectivity index (χ4n) is 1.87. The SMILES string of the molecule is Cc1nc(CO)n(Cc2ccc(F)cc2Cl)c1C. The van der Waals surface area contributed by atoms with Crippen LogP contribution in [-0.4, -0.2) is 14.7 Å². The Kier molecular flexibility index (Phi) is 3.68. The molecule has 0 radical (unpaired) electrons. The number of aliphatic hydroxyl groups excluding tert-OH is 1. The van der Waals surface area contributed by atoms with E-state index in [9.17, 15) is 9.50 Å². The van der Waals surface area contributed by atoms with E-state index in [0.29, 0.717) is 17.4 Å². The zero-order valence-corrected chi connectivity index (χ0v) is 11.0. The molecule has 0 unspecified atom stereocenters. The van der Waals surface area contributed by atoms with Crippen molar-refractivity contribution >= 4 is 11.6 Å². The lowest BCUT2D eigenvalue weighted by atomic mass is 10.2. The normalized spacial score (nSPS) is 10.9. The van der Waals surface area contributed by atoms with Gasteiger partial charge in [0.05, 0.1) is 12.2 Å². The molecule has 0 aliphatic carbocycles. The summed E-state index contributed by atoms with van der Waals surface area (Å²) in [6.07, 6.45) is 0. The maximum atomic E-state index is 13.0. The first-order valence-electron chi connectivity index (χ1n) is 5.60. The lowest BCUT2D eigenvalue weighted by Crippen LogP contribution is -2.07. The van der Waals surface area contributed by atoms with E-state index in [2.05, 4.69) is 4.98 Å². The van der Waals surface area contributed by atoms with Crippen LogP contribution in [0.2, 0.25) is 5.02 Å². The number of nitrogens with zero attached hydrogens (tertiary/aromatic N) is 2. The Labute approximate surface area is 110 Å². The quantitative estimate of drug-likeness (QED) is 0.930. The minimum Gasteiger partial charge on any atom is -0.388 e. The summed E-state index contributed by atoms with van der Waals surface area (Å²) in [5, 5.41) is 9.65. The molecule has 0 bridgehead atoms. The number of hydrogen-bond donors (Lipinski definition) is 1. The smallest absolute Gasteiger partial charge is 0.135 e. The average Bonchev–Trinajstić information content (AvgIpc) is 2.60. The molecule has 1 aromatic heterocycles. The van der Waals surface area contributed by atoms with Gasteiger partial charge in [-0.25, -0.2) is 9.37 Å². The van der Waals surface area contributed by atoms with Crippen LogP contribution in [0.3, 0.4) is 0 Å². The number of aliphatic hydroxyl groups is 1. The summed E-state index contributed by atoms with van der Waals surface area (Å²) in [5.41, 5.74) is 2.64. The largest absolute Gasteiger partial charge is 0.388 e. The lowest BCUT2D eigenvalue weighted by Gasteiger charge is -2.10. The Morgan fingerprint density at radius 3 is 2.72 bits per heavy atom. The first-order valence-corrected chi connectivity index (χ1v) is 5.98. The molecule has 0 saturated heterocycles. The Bertz CT molecular complexity index is 581. The monoisotopic (exact) mass is 268 g/mol. The van der Waals surface area contributed by atoms with Crippen LogP contribution >= 0.6 is 11.6 Å². The van der Waals surface area contributed by atoms with E-state index in [1.54, 1.807) is 6.07 Å². The highest BCUT2D eigenvalue weighted by atomic mass is 35.5. The first kappa shape index (κ1) is 13.1. The van der Waals surface area contributed by atoms with Gasteiger partial charge in [-0.1, -0.05) is 17.7 Å². The molecule has 0 aliphatic rings. The number of benzene rings is 1. The maximum Gasteiger partial charge on any atom is 0.135 e. The van der Waals surface area contributed by atoms with Crippen LogP contribution in [0.15, 0.2) is 18.2 Å². The van der Waals surface area contributed by atoms with Crippen LogP contribution in [0.1, 0.15) is 22.8 Å². The summed E-state index contributed by atoms with van der Waals surface area (Å²) in [5.74, 6) is 0.232. The van der Waals surface area contributed by atoms with E-state index < -0.39 is 0 Å². The van der Waals surface area contributed by atoms with Crippen molar-refractivity contribution in [3.05, 3.63) is 51.8 Å². The highest BCUT2D eigenvalue weighted by Crippen LogP contribution is 2.20. The van der Waals surface area contributed by atoms with Gasteiger partial charge in [-0.2, -0.15) is 0 Å². The van der Waals surface area contributed by atoms with Gasteiger partial charge in [0, 0.05) is 10.7 Å². The molecule has 1 heterocycles. The third kappa shape index (κ3) is 2.40. The highest BCUT2D eigenvalue weighted by molar-refractivity contribution is 6.31. The van der Waals surface area contributed by atoms with E-state index in [4.69, 9.17) is 11.6 Å². The van der Waals surface area contributed by atoms with Gasteiger partial charge in [0.1, 0.15) is 18.2 Å². The van der Waals surface area contributed by atoms with E-state index in [0.717, 1.165) is 17.0 Å². The number of imidazole rings is 1. The van der Waals surface area contributed by atoms with Crippen molar-refractivity contribution in [1.82, 2.24) is 9.55 Å². The van der Waals surface area contributed by atoms with Gasteiger partial charge >= 0.3 is 0 Å². The Balaban J connectivity index is 2.39. The molecule has 0 aliphatic heterocycles. The molecule has 0 spiro atoms. The van der Waals surface area contributed by atoms with E-state index in [1.165, 1.54) is 12.1 Å². The molecule has 96 valence electrons. The lowest BCUT2D eigenvalue weighted by molar-refractivity contribution is 0.265. The molecule has 0 saturated carbocycles. The number of halogens is 2. The number of rotatable bonds is 3. The topological polar surface area (TPSA) is 38.1 Å². The molecule has 3 nitrogen and oxygen atoms in total. The molecule has 18 heavy (non-hydrogen) atoms. The molecule has 1 N–H and O–H groups in total. The minimum atomic E-state index is -0.357. The Morgan fingerprint density at radius 1 is 1.39 bits per heavy atom. The molecule has 0 amide bonds. The van der Waals surface area contributed by atoms with Gasteiger partial charge in [-0.15, -0.1) is 0 Å². The second-order valence-electron chi connectivity index (χ2n) is 4.18. The third-order valence-electron chi connectivity index (χ3n) is 3.02. The molecule has 1 aromatic carbocycles. The van der Waals surface area contributed by atoms with Gasteiger partial charge in [0.15, 0.2) is 0 Å². The van der Waals surface area contributed by atoms with Crippen molar-refractivity contribution in [2.75, 3.05) is 0 Å². The number of aromatic nitrogens is 2. The Hall–Kier alpha value is -1.39. The zero-order chi connectivity index (χ0) is 13.3. The van der Waals surface area contributed by atoms with Crippen molar-refractivity contribution in [2.45, 2.75) is 27.0 Å². The summed E-state index contributed by atoms with van der Waals surface area (Å²) >= 11 is 6.00. The van der Waals surface area contributed by atoms with Crippen LogP contribution in [-0.2, 0) is 13.2 Å². The van der Waals surface area contributed by atoms with Gasteiger partial charge in [0.2, 0.25) is 0 Å². The zero-order valence-electron chi connectivity index (χ0n) is 10.2. The molecule has 0 atom stereocenters. The highest BCUT2D eigenvalue weighted by Gasteiger charge is 2.12. The second-order valence-corrected chi connectivity index (χ2v) is 4.59. The van der Waals surface area contributed by atoms with Gasteiger partial charge in [-0.3, -0.25) is 0 Å². The van der Waals surface area contributed by atoms with Crippen LogP contribution in [0.5, 0.6) is 0 Å². The van der Waals surface area contributed by atoms with Crippen molar-refractivity contribution in [3.63, 3.8) is 0 Å². The van der Waals surface area contributed by atoms with Crippen LogP contribution in [0.25, 0.3) is 0 Å². The first-order chi connectivity index (χ1) is 8.52. The number of aryl methyl sites for hydroxylation is 1. The van der Waals surface area contributed by atoms with Gasteiger partial charge in [0.25, 0.3) is 0 Å². The standard InChI is InChI=1S/C13H14ClFN2O/c1-8-9(2)17(13(7-18)16-8)6-10-3-4-11(15)5-12(10)14/h3-5,18H,6-7H2,1-2H3. The van der Waals surface area contributed by atoms with Gasteiger partial charge in [-0.05, 0) is 31.5 Å². The van der Waals surface area contributed by atoms with Crippen LogP contribution in [0.4, 0.5) is 4.39 Å². The predicted octanol–water partition coefficient (Wildman–Crippen LogP) is 2.83. The summed E-state index contributed by atoms with van der Waals surface area (Å²) in [6.45, 7) is 4.16. The van der Waals surface area contributed by atoms with Gasteiger partial charge < -0.3 is 9.67 Å². The molecular weight excluding hydrogens is 255 g/mol. The van der Waals surface area contributed by atoms with E-state index in [1.807, 2.05) is 18.4 Å². The van der Waals surface area contributed by atoms with Crippen LogP contribution in [0, 0.1) is 19.7 Å². The summed E-state index contributed by atoms with van der Waals surface area (Å²) in [7, 11) is 0. The van der Waals surface area contributed by atoms with Crippen molar-refractivity contribution < 1.29 is 9.50 Å². The molecule has 2 rings (SSSR count). The summed E-state index contributed by atoms with van der Waals surface area (Å²) in [6, 6.07) is 4.31. The molecule has 0 fully saturated rings. The fraction of sp³-hybridized carbons (Fsp3) is 0.308.